The molecule has 0 saturated carbocycles. The molecule has 1 atom stereocenters. The third-order valence-corrected chi connectivity index (χ3v) is 3.41. The van der Waals surface area contributed by atoms with Crippen molar-refractivity contribution in [2.45, 2.75) is 11.8 Å². The molecule has 1 unspecified atom stereocenters. The average Bonchev–Trinajstić information content (AvgIpc) is 2.35. The third-order valence-electron chi connectivity index (χ3n) is 2.67. The summed E-state index contributed by atoms with van der Waals surface area (Å²) in [4.78, 5) is 0. The van der Waals surface area contributed by atoms with Crippen LogP contribution in [-0.2, 0) is 6.42 Å². The second-order valence-electron chi connectivity index (χ2n) is 3.91. The van der Waals surface area contributed by atoms with E-state index in [1.54, 1.807) is 24.3 Å². The molecule has 0 aliphatic heterocycles. The van der Waals surface area contributed by atoms with Gasteiger partial charge in [0.05, 0.1) is 5.38 Å². The molecule has 4 heteroatoms. The number of benzene rings is 2. The van der Waals surface area contributed by atoms with Crippen LogP contribution in [0.25, 0.3) is 0 Å². The Bertz CT molecular complexity index is 555. The van der Waals surface area contributed by atoms with Crippen molar-refractivity contribution in [3.8, 4) is 0 Å². The Balaban J connectivity index is 2.24. The highest BCUT2D eigenvalue weighted by Gasteiger charge is 2.16. The van der Waals surface area contributed by atoms with Crippen LogP contribution in [0.2, 0.25) is 5.02 Å². The first-order chi connectivity index (χ1) is 8.59. The number of alkyl halides is 1. The second-order valence-corrected chi connectivity index (χ2v) is 4.84. The molecule has 0 radical (unpaired) electrons. The van der Waals surface area contributed by atoms with Gasteiger partial charge in [0.2, 0.25) is 0 Å². The van der Waals surface area contributed by atoms with Crippen molar-refractivity contribution in [2.75, 3.05) is 0 Å². The quantitative estimate of drug-likeness (QED) is 0.685. The minimum Gasteiger partial charge on any atom is -0.204 e. The van der Waals surface area contributed by atoms with E-state index in [1.807, 2.05) is 0 Å². The van der Waals surface area contributed by atoms with E-state index in [1.165, 1.54) is 12.1 Å². The maximum atomic E-state index is 13.5. The fraction of sp³-hybridized carbons (Fsp3) is 0.143. The van der Waals surface area contributed by atoms with E-state index in [0.29, 0.717) is 10.6 Å². The molecule has 0 saturated heterocycles. The summed E-state index contributed by atoms with van der Waals surface area (Å²) in [6.45, 7) is 0. The van der Waals surface area contributed by atoms with Gasteiger partial charge in [0.15, 0.2) is 11.6 Å². The highest BCUT2D eigenvalue weighted by molar-refractivity contribution is 6.32. The first-order valence-corrected chi connectivity index (χ1v) is 6.22. The summed E-state index contributed by atoms with van der Waals surface area (Å²) in [7, 11) is 0. The highest BCUT2D eigenvalue weighted by atomic mass is 35.5. The molecular formula is C14H10Cl2F2. The van der Waals surface area contributed by atoms with Crippen LogP contribution in [-0.4, -0.2) is 0 Å². The number of hydrogen-bond acceptors (Lipinski definition) is 0. The molecule has 2 aromatic carbocycles. The lowest BCUT2D eigenvalue weighted by Gasteiger charge is -2.12. The van der Waals surface area contributed by atoms with Gasteiger partial charge in [0.1, 0.15) is 0 Å². The van der Waals surface area contributed by atoms with Crippen LogP contribution in [0.4, 0.5) is 8.78 Å². The number of hydrogen-bond donors (Lipinski definition) is 0. The van der Waals surface area contributed by atoms with Crippen molar-refractivity contribution >= 4 is 23.2 Å². The molecule has 0 spiro atoms. The molecule has 0 bridgehead atoms. The molecule has 0 aliphatic carbocycles. The van der Waals surface area contributed by atoms with Gasteiger partial charge in [-0.15, -0.1) is 11.6 Å². The first kappa shape index (κ1) is 13.3. The summed E-state index contributed by atoms with van der Waals surface area (Å²) in [6, 6.07) is 11.1. The van der Waals surface area contributed by atoms with Crippen LogP contribution in [0.15, 0.2) is 42.5 Å². The predicted octanol–water partition coefficient (Wildman–Crippen LogP) is 5.14. The van der Waals surface area contributed by atoms with Crippen LogP contribution in [0.1, 0.15) is 16.5 Å². The molecule has 0 nitrogen and oxygen atoms in total. The third kappa shape index (κ3) is 2.82. The standard InChI is InChI=1S/C14H10Cl2F2/c15-11-6-2-1-5-10(11)12(16)8-9-4-3-7-13(17)14(9)18/h1-7,12H,8H2. The van der Waals surface area contributed by atoms with Crippen molar-refractivity contribution < 1.29 is 8.78 Å². The Morgan fingerprint density at radius 2 is 1.72 bits per heavy atom. The number of rotatable bonds is 3. The summed E-state index contributed by atoms with van der Waals surface area (Å²) in [5.74, 6) is -1.72. The van der Waals surface area contributed by atoms with E-state index in [0.717, 1.165) is 6.07 Å². The summed E-state index contributed by atoms with van der Waals surface area (Å²) in [5.41, 5.74) is 0.958. The van der Waals surface area contributed by atoms with Crippen LogP contribution in [0.3, 0.4) is 0 Å². The molecule has 0 N–H and O–H groups in total. The van der Waals surface area contributed by atoms with E-state index < -0.39 is 17.0 Å². The van der Waals surface area contributed by atoms with Crippen molar-refractivity contribution in [2.24, 2.45) is 0 Å². The van der Waals surface area contributed by atoms with E-state index in [2.05, 4.69) is 0 Å². The largest absolute Gasteiger partial charge is 0.204 e. The topological polar surface area (TPSA) is 0 Å². The summed E-state index contributed by atoms with van der Waals surface area (Å²) < 4.78 is 26.6. The molecule has 0 heterocycles. The van der Waals surface area contributed by atoms with Crippen LogP contribution in [0.5, 0.6) is 0 Å². The minimum absolute atomic E-state index is 0.189. The highest BCUT2D eigenvalue weighted by Crippen LogP contribution is 2.31. The van der Waals surface area contributed by atoms with Crippen LogP contribution < -0.4 is 0 Å². The van der Waals surface area contributed by atoms with Crippen LogP contribution >= 0.6 is 23.2 Å². The monoisotopic (exact) mass is 286 g/mol. The Morgan fingerprint density at radius 1 is 1.00 bits per heavy atom. The van der Waals surface area contributed by atoms with Crippen molar-refractivity contribution in [3.05, 3.63) is 70.2 Å². The Labute approximate surface area is 114 Å². The van der Waals surface area contributed by atoms with Gasteiger partial charge in [-0.25, -0.2) is 8.78 Å². The zero-order chi connectivity index (χ0) is 13.1. The zero-order valence-corrected chi connectivity index (χ0v) is 10.8. The maximum Gasteiger partial charge on any atom is 0.162 e. The van der Waals surface area contributed by atoms with Gasteiger partial charge in [-0.2, -0.15) is 0 Å². The van der Waals surface area contributed by atoms with E-state index >= 15 is 0 Å². The van der Waals surface area contributed by atoms with Gasteiger partial charge in [0.25, 0.3) is 0 Å². The maximum absolute atomic E-state index is 13.5. The average molecular weight is 287 g/mol. The molecule has 0 aliphatic rings. The Kier molecular flexibility index (Phi) is 4.20. The lowest BCUT2D eigenvalue weighted by molar-refractivity contribution is 0.498. The Morgan fingerprint density at radius 3 is 2.44 bits per heavy atom. The van der Waals surface area contributed by atoms with Crippen molar-refractivity contribution in [1.29, 1.82) is 0 Å². The molecular weight excluding hydrogens is 277 g/mol. The smallest absolute Gasteiger partial charge is 0.162 e. The minimum atomic E-state index is -0.865. The van der Waals surface area contributed by atoms with Gasteiger partial charge >= 0.3 is 0 Å². The van der Waals surface area contributed by atoms with Crippen LogP contribution in [0, 0.1) is 11.6 Å². The lowest BCUT2D eigenvalue weighted by Crippen LogP contribution is -2.00. The lowest BCUT2D eigenvalue weighted by atomic mass is 10.0. The zero-order valence-electron chi connectivity index (χ0n) is 9.34. The normalized spacial score (nSPS) is 12.4. The summed E-state index contributed by atoms with van der Waals surface area (Å²) in [5, 5.41) is 0.0318. The van der Waals surface area contributed by atoms with Gasteiger partial charge in [-0.05, 0) is 29.7 Å². The molecule has 2 rings (SSSR count). The van der Waals surface area contributed by atoms with Crippen molar-refractivity contribution in [3.63, 3.8) is 0 Å². The van der Waals surface area contributed by atoms with Crippen molar-refractivity contribution in [1.82, 2.24) is 0 Å². The van der Waals surface area contributed by atoms with E-state index in [4.69, 9.17) is 23.2 Å². The molecule has 0 amide bonds. The molecule has 18 heavy (non-hydrogen) atoms. The molecule has 94 valence electrons. The first-order valence-electron chi connectivity index (χ1n) is 5.41. The van der Waals surface area contributed by atoms with Gasteiger partial charge in [0, 0.05) is 5.02 Å². The Hall–Kier alpha value is -1.12. The van der Waals surface area contributed by atoms with Gasteiger partial charge in [-0.3, -0.25) is 0 Å². The van der Waals surface area contributed by atoms with E-state index in [9.17, 15) is 8.78 Å². The molecule has 2 aromatic rings. The summed E-state index contributed by atoms with van der Waals surface area (Å²) in [6.07, 6.45) is 0.189. The van der Waals surface area contributed by atoms with E-state index in [-0.39, 0.29) is 12.0 Å². The fourth-order valence-corrected chi connectivity index (χ4v) is 2.42. The predicted molar refractivity (Wildman–Crippen MR) is 70.1 cm³/mol. The molecule has 0 fully saturated rings. The SMILES string of the molecule is Fc1cccc(CC(Cl)c2ccccc2Cl)c1F. The second kappa shape index (κ2) is 5.68. The number of halogens is 4. The summed E-state index contributed by atoms with van der Waals surface area (Å²) >= 11 is 12.2. The van der Waals surface area contributed by atoms with Gasteiger partial charge < -0.3 is 0 Å². The fourth-order valence-electron chi connectivity index (χ4n) is 1.74. The van der Waals surface area contributed by atoms with Gasteiger partial charge in [-0.1, -0.05) is 41.9 Å². The molecule has 0 aromatic heterocycles.